The summed E-state index contributed by atoms with van der Waals surface area (Å²) in [6, 6.07) is 0.154. The van der Waals surface area contributed by atoms with E-state index in [0.29, 0.717) is 0 Å². The van der Waals surface area contributed by atoms with E-state index in [9.17, 15) is 0 Å². The van der Waals surface area contributed by atoms with E-state index in [-0.39, 0.29) is 6.04 Å². The summed E-state index contributed by atoms with van der Waals surface area (Å²) in [5.74, 6) is 0. The van der Waals surface area contributed by atoms with E-state index in [0.717, 1.165) is 29.4 Å². The Hall–Kier alpha value is -1.20. The molecular formula is C12H18N4S. The van der Waals surface area contributed by atoms with Crippen LogP contribution >= 0.6 is 11.3 Å². The molecule has 0 aliphatic carbocycles. The Kier molecular flexibility index (Phi) is 3.91. The molecule has 1 unspecified atom stereocenters. The minimum absolute atomic E-state index is 0.154. The Morgan fingerprint density at radius 3 is 2.88 bits per heavy atom. The first-order valence-corrected chi connectivity index (χ1v) is 6.72. The van der Waals surface area contributed by atoms with Crippen molar-refractivity contribution >= 4 is 11.3 Å². The molecule has 0 saturated carbocycles. The molecule has 0 fully saturated rings. The highest BCUT2D eigenvalue weighted by Crippen LogP contribution is 2.24. The lowest BCUT2D eigenvalue weighted by Crippen LogP contribution is -2.24. The predicted octanol–water partition coefficient (Wildman–Crippen LogP) is 2.27. The minimum atomic E-state index is 0.154. The van der Waals surface area contributed by atoms with Crippen LogP contribution in [-0.2, 0) is 7.05 Å². The molecule has 1 atom stereocenters. The van der Waals surface area contributed by atoms with E-state index in [1.165, 1.54) is 0 Å². The topological polar surface area (TPSA) is 42.7 Å². The number of hydrogen-bond acceptors (Lipinski definition) is 4. The maximum Gasteiger partial charge on any atom is 0.116 e. The van der Waals surface area contributed by atoms with Gasteiger partial charge in [0, 0.05) is 18.1 Å². The van der Waals surface area contributed by atoms with Gasteiger partial charge in [0.15, 0.2) is 0 Å². The highest BCUT2D eigenvalue weighted by atomic mass is 32.1. The summed E-state index contributed by atoms with van der Waals surface area (Å²) in [6.45, 7) is 5.18. The average molecular weight is 250 g/mol. The summed E-state index contributed by atoms with van der Waals surface area (Å²) in [7, 11) is 2.02. The monoisotopic (exact) mass is 250 g/mol. The second-order valence-corrected chi connectivity index (χ2v) is 5.03. The van der Waals surface area contributed by atoms with Crippen molar-refractivity contribution in [3.63, 3.8) is 0 Å². The summed E-state index contributed by atoms with van der Waals surface area (Å²) in [5, 5.41) is 6.73. The van der Waals surface area contributed by atoms with Crippen molar-refractivity contribution in [2.75, 3.05) is 6.54 Å². The third kappa shape index (κ3) is 2.73. The second-order valence-electron chi connectivity index (χ2n) is 4.14. The molecule has 1 N–H and O–H groups in total. The van der Waals surface area contributed by atoms with Crippen LogP contribution in [-0.4, -0.2) is 21.1 Å². The van der Waals surface area contributed by atoms with Gasteiger partial charge in [0.05, 0.1) is 18.2 Å². The molecule has 0 aliphatic rings. The number of nitrogens with zero attached hydrogens (tertiary/aromatic N) is 3. The largest absolute Gasteiger partial charge is 0.336 e. The Bertz CT molecular complexity index is 474. The SMILES string of the molecule is CCCNC(c1nc(C)cs1)c1cncn1C. The van der Waals surface area contributed by atoms with Gasteiger partial charge in [-0.1, -0.05) is 6.92 Å². The molecule has 2 aromatic heterocycles. The summed E-state index contributed by atoms with van der Waals surface area (Å²) in [6.07, 6.45) is 4.85. The molecule has 0 amide bonds. The van der Waals surface area contributed by atoms with Gasteiger partial charge in [-0.2, -0.15) is 0 Å². The molecule has 0 aliphatic heterocycles. The van der Waals surface area contributed by atoms with Crippen molar-refractivity contribution in [2.45, 2.75) is 26.3 Å². The first kappa shape index (κ1) is 12.3. The number of nitrogens with one attached hydrogen (secondary N) is 1. The fraction of sp³-hybridized carbons (Fsp3) is 0.500. The van der Waals surface area contributed by atoms with E-state index in [1.54, 1.807) is 11.3 Å². The summed E-state index contributed by atoms with van der Waals surface area (Å²) in [4.78, 5) is 8.76. The molecule has 17 heavy (non-hydrogen) atoms. The van der Waals surface area contributed by atoms with Gasteiger partial charge in [0.2, 0.25) is 0 Å². The number of thiazole rings is 1. The van der Waals surface area contributed by atoms with Gasteiger partial charge >= 0.3 is 0 Å². The van der Waals surface area contributed by atoms with Gasteiger partial charge < -0.3 is 9.88 Å². The van der Waals surface area contributed by atoms with Gasteiger partial charge in [-0.3, -0.25) is 0 Å². The number of hydrogen-bond donors (Lipinski definition) is 1. The van der Waals surface area contributed by atoms with Crippen LogP contribution in [0.1, 0.15) is 35.8 Å². The third-order valence-electron chi connectivity index (χ3n) is 2.63. The quantitative estimate of drug-likeness (QED) is 0.885. The second kappa shape index (κ2) is 5.42. The molecule has 2 heterocycles. The molecular weight excluding hydrogens is 232 g/mol. The van der Waals surface area contributed by atoms with Crippen molar-refractivity contribution in [3.8, 4) is 0 Å². The van der Waals surface area contributed by atoms with Crippen molar-refractivity contribution in [2.24, 2.45) is 7.05 Å². The van der Waals surface area contributed by atoms with Gasteiger partial charge in [0.1, 0.15) is 11.0 Å². The minimum Gasteiger partial charge on any atom is -0.336 e. The van der Waals surface area contributed by atoms with E-state index < -0.39 is 0 Å². The zero-order valence-electron chi connectivity index (χ0n) is 10.5. The van der Waals surface area contributed by atoms with E-state index in [2.05, 4.69) is 27.6 Å². The van der Waals surface area contributed by atoms with Gasteiger partial charge in [-0.15, -0.1) is 11.3 Å². The Morgan fingerprint density at radius 2 is 2.35 bits per heavy atom. The number of imidazole rings is 1. The van der Waals surface area contributed by atoms with Crippen LogP contribution in [0.25, 0.3) is 0 Å². The Morgan fingerprint density at radius 1 is 1.53 bits per heavy atom. The molecule has 0 bridgehead atoms. The fourth-order valence-electron chi connectivity index (χ4n) is 1.76. The summed E-state index contributed by atoms with van der Waals surface area (Å²) < 4.78 is 2.05. The lowest BCUT2D eigenvalue weighted by atomic mass is 10.2. The van der Waals surface area contributed by atoms with Crippen LogP contribution in [0, 0.1) is 6.92 Å². The number of aromatic nitrogens is 3. The summed E-state index contributed by atoms with van der Waals surface area (Å²) >= 11 is 1.70. The number of aryl methyl sites for hydroxylation is 2. The Labute approximate surface area is 106 Å². The molecule has 5 heteroatoms. The third-order valence-corrected chi connectivity index (χ3v) is 3.66. The smallest absolute Gasteiger partial charge is 0.116 e. The molecule has 0 aromatic carbocycles. The molecule has 2 aromatic rings. The molecule has 92 valence electrons. The van der Waals surface area contributed by atoms with E-state index in [1.807, 2.05) is 31.1 Å². The highest BCUT2D eigenvalue weighted by Gasteiger charge is 2.19. The predicted molar refractivity (Wildman–Crippen MR) is 70.2 cm³/mol. The average Bonchev–Trinajstić information content (AvgIpc) is 2.90. The molecule has 0 spiro atoms. The first-order chi connectivity index (χ1) is 8.22. The van der Waals surface area contributed by atoms with Crippen molar-refractivity contribution in [1.29, 1.82) is 0 Å². The van der Waals surface area contributed by atoms with Crippen LogP contribution in [0.4, 0.5) is 0 Å². The van der Waals surface area contributed by atoms with E-state index >= 15 is 0 Å². The van der Waals surface area contributed by atoms with Crippen LogP contribution in [0.2, 0.25) is 0 Å². The molecule has 4 nitrogen and oxygen atoms in total. The Balaban J connectivity index is 2.28. The van der Waals surface area contributed by atoms with Gasteiger partial charge in [0.25, 0.3) is 0 Å². The summed E-state index contributed by atoms with van der Waals surface area (Å²) in [5.41, 5.74) is 2.24. The van der Waals surface area contributed by atoms with Crippen molar-refractivity contribution in [3.05, 3.63) is 34.3 Å². The normalized spacial score (nSPS) is 12.9. The van der Waals surface area contributed by atoms with Gasteiger partial charge in [-0.05, 0) is 19.9 Å². The van der Waals surface area contributed by atoms with Crippen LogP contribution < -0.4 is 5.32 Å². The maximum atomic E-state index is 4.58. The molecule has 0 saturated heterocycles. The number of rotatable bonds is 5. The standard InChI is InChI=1S/C12H18N4S/c1-4-5-14-11(10-6-13-8-16(10)3)12-15-9(2)7-17-12/h6-8,11,14H,4-5H2,1-3H3. The first-order valence-electron chi connectivity index (χ1n) is 5.84. The van der Waals surface area contributed by atoms with Crippen LogP contribution in [0.3, 0.4) is 0 Å². The van der Waals surface area contributed by atoms with Crippen LogP contribution in [0.5, 0.6) is 0 Å². The maximum absolute atomic E-state index is 4.58. The lowest BCUT2D eigenvalue weighted by Gasteiger charge is -2.16. The fourth-order valence-corrected chi connectivity index (χ4v) is 2.64. The highest BCUT2D eigenvalue weighted by molar-refractivity contribution is 7.09. The lowest BCUT2D eigenvalue weighted by molar-refractivity contribution is 0.566. The van der Waals surface area contributed by atoms with Crippen molar-refractivity contribution < 1.29 is 0 Å². The zero-order chi connectivity index (χ0) is 12.3. The van der Waals surface area contributed by atoms with Crippen molar-refractivity contribution in [1.82, 2.24) is 19.9 Å². The zero-order valence-corrected chi connectivity index (χ0v) is 11.3. The molecule has 2 rings (SSSR count). The molecule has 0 radical (unpaired) electrons. The van der Waals surface area contributed by atoms with Gasteiger partial charge in [-0.25, -0.2) is 9.97 Å². The van der Waals surface area contributed by atoms with Crippen LogP contribution in [0.15, 0.2) is 17.9 Å². The van der Waals surface area contributed by atoms with E-state index in [4.69, 9.17) is 0 Å².